The molecule has 0 fully saturated rings. The summed E-state index contributed by atoms with van der Waals surface area (Å²) in [6.07, 6.45) is 0.0000738. The molecule has 0 spiro atoms. The van der Waals surface area contributed by atoms with Gasteiger partial charge >= 0.3 is 5.97 Å². The summed E-state index contributed by atoms with van der Waals surface area (Å²) in [6.45, 7) is -1.66. The second-order valence-electron chi connectivity index (χ2n) is 11.0. The van der Waals surface area contributed by atoms with Gasteiger partial charge in [0, 0.05) is 12.8 Å². The molecule has 0 saturated carbocycles. The van der Waals surface area contributed by atoms with Crippen molar-refractivity contribution < 1.29 is 49.2 Å². The Kier molecular flexibility index (Phi) is 13.9. The zero-order valence-electron chi connectivity index (χ0n) is 26.2. The first kappa shape index (κ1) is 37.3. The van der Waals surface area contributed by atoms with Gasteiger partial charge in [0.15, 0.2) is 0 Å². The molecule has 0 saturated heterocycles. The van der Waals surface area contributed by atoms with Gasteiger partial charge in [0.25, 0.3) is 0 Å². The molecular formula is C33H38N6O10. The van der Waals surface area contributed by atoms with Crippen LogP contribution in [0.15, 0.2) is 72.8 Å². The first-order valence-corrected chi connectivity index (χ1v) is 15.0. The van der Waals surface area contributed by atoms with Crippen LogP contribution in [0.1, 0.15) is 16.7 Å². The number of aliphatic carboxylic acids is 1. The van der Waals surface area contributed by atoms with Crippen LogP contribution in [0, 0.1) is 0 Å². The summed E-state index contributed by atoms with van der Waals surface area (Å²) in [6, 6.07) is 14.1. The second-order valence-corrected chi connectivity index (χ2v) is 11.0. The van der Waals surface area contributed by atoms with Crippen molar-refractivity contribution in [3.8, 4) is 17.2 Å². The van der Waals surface area contributed by atoms with Gasteiger partial charge in [0.1, 0.15) is 29.3 Å². The number of carbonyl (C=O) groups is 6. The van der Waals surface area contributed by atoms with E-state index in [1.54, 1.807) is 12.1 Å². The largest absolute Gasteiger partial charge is 0.508 e. The first-order chi connectivity index (χ1) is 23.3. The molecule has 16 heteroatoms. The van der Waals surface area contributed by atoms with E-state index in [9.17, 15) is 49.2 Å². The molecule has 49 heavy (non-hydrogen) atoms. The highest BCUT2D eigenvalue weighted by atomic mass is 16.4. The monoisotopic (exact) mass is 678 g/mol. The lowest BCUT2D eigenvalue weighted by Gasteiger charge is -2.20. The van der Waals surface area contributed by atoms with E-state index >= 15 is 0 Å². The fourth-order valence-corrected chi connectivity index (χ4v) is 4.44. The third-order valence-corrected chi connectivity index (χ3v) is 7.06. The van der Waals surface area contributed by atoms with Gasteiger partial charge in [-0.25, -0.2) is 4.79 Å². The maximum absolute atomic E-state index is 13.1. The van der Waals surface area contributed by atoms with Crippen LogP contribution >= 0.6 is 0 Å². The summed E-state index contributed by atoms with van der Waals surface area (Å²) in [5.74, 6) is -4.99. The minimum atomic E-state index is -1.33. The quantitative estimate of drug-likeness (QED) is 0.0790. The maximum Gasteiger partial charge on any atom is 0.326 e. The molecule has 0 aliphatic carbocycles. The number of benzene rings is 3. The maximum atomic E-state index is 13.1. The first-order valence-electron chi connectivity index (χ1n) is 15.0. The summed E-state index contributed by atoms with van der Waals surface area (Å²) in [5, 5.41) is 49.8. The third kappa shape index (κ3) is 13.2. The Balaban J connectivity index is 1.51. The standard InChI is InChI=1S/C33H38N6O10/c34-25(13-19-1-7-22(40)8-2-19)31(46)36-16-28(43)35-17-29(44)38-26(14-20-3-9-23(41)10-4-20)32(47)37-18-30(45)39-27(33(48)49)15-21-5-11-24(42)12-6-21/h1-12,25-27,40-42H,13-18,34H2,(H,35,43)(H,36,46)(H,37,47)(H,38,44)(H,39,45)(H,48,49)/t25-,26-,27-/m0/s1. The van der Waals surface area contributed by atoms with Gasteiger partial charge in [-0.05, 0) is 59.5 Å². The Bertz CT molecular complexity index is 1610. The summed E-state index contributed by atoms with van der Waals surface area (Å²) < 4.78 is 0. The molecular weight excluding hydrogens is 640 g/mol. The van der Waals surface area contributed by atoms with Crippen molar-refractivity contribution in [3.05, 3.63) is 89.5 Å². The van der Waals surface area contributed by atoms with E-state index in [4.69, 9.17) is 5.73 Å². The highest BCUT2D eigenvalue weighted by Crippen LogP contribution is 2.13. The summed E-state index contributed by atoms with van der Waals surface area (Å²) in [7, 11) is 0. The molecule has 260 valence electrons. The van der Waals surface area contributed by atoms with E-state index in [2.05, 4.69) is 26.6 Å². The number of amides is 5. The van der Waals surface area contributed by atoms with E-state index in [0.29, 0.717) is 16.7 Å². The molecule has 0 bridgehead atoms. The zero-order chi connectivity index (χ0) is 35.9. The predicted molar refractivity (Wildman–Crippen MR) is 174 cm³/mol. The molecule has 0 heterocycles. The number of hydrogen-bond donors (Lipinski definition) is 10. The molecule has 0 aromatic heterocycles. The van der Waals surface area contributed by atoms with Crippen molar-refractivity contribution in [2.45, 2.75) is 37.4 Å². The third-order valence-electron chi connectivity index (χ3n) is 7.06. The van der Waals surface area contributed by atoms with Crippen LogP contribution in [0.2, 0.25) is 0 Å². The number of nitrogens with one attached hydrogen (secondary N) is 5. The van der Waals surface area contributed by atoms with Crippen LogP contribution < -0.4 is 32.3 Å². The Labute approximate surface area is 280 Å². The van der Waals surface area contributed by atoms with E-state index in [0.717, 1.165) is 0 Å². The minimum Gasteiger partial charge on any atom is -0.508 e. The second kappa shape index (κ2) is 18.2. The molecule has 16 nitrogen and oxygen atoms in total. The fourth-order valence-electron chi connectivity index (χ4n) is 4.44. The smallest absolute Gasteiger partial charge is 0.326 e. The molecule has 3 atom stereocenters. The predicted octanol–water partition coefficient (Wildman–Crippen LogP) is -1.44. The number of phenolic OH excluding ortho intramolecular Hbond substituents is 3. The van der Waals surface area contributed by atoms with Gasteiger partial charge in [-0.3, -0.25) is 24.0 Å². The fraction of sp³-hybridized carbons (Fsp3) is 0.273. The van der Waals surface area contributed by atoms with Crippen LogP contribution in [0.25, 0.3) is 0 Å². The van der Waals surface area contributed by atoms with Gasteiger partial charge in [-0.15, -0.1) is 0 Å². The number of rotatable bonds is 17. The number of carboxylic acids is 1. The van der Waals surface area contributed by atoms with Crippen molar-refractivity contribution in [2.24, 2.45) is 5.73 Å². The Morgan fingerprint density at radius 3 is 1.35 bits per heavy atom. The SMILES string of the molecule is N[C@@H](Cc1ccc(O)cc1)C(=O)NCC(=O)NCC(=O)N[C@@H](Cc1ccc(O)cc1)C(=O)NCC(=O)N[C@@H](Cc1ccc(O)cc1)C(=O)O. The van der Waals surface area contributed by atoms with Crippen LogP contribution in [0.4, 0.5) is 0 Å². The lowest BCUT2D eigenvalue weighted by Crippen LogP contribution is -2.53. The molecule has 0 aliphatic rings. The van der Waals surface area contributed by atoms with Crippen LogP contribution in [0.5, 0.6) is 17.2 Å². The van der Waals surface area contributed by atoms with Crippen molar-refractivity contribution in [1.29, 1.82) is 0 Å². The van der Waals surface area contributed by atoms with Gasteiger partial charge in [-0.1, -0.05) is 36.4 Å². The molecule has 5 amide bonds. The number of carboxylic acid groups (broad SMARTS) is 1. The Hall–Kier alpha value is -6.16. The molecule has 3 aromatic rings. The number of nitrogens with two attached hydrogens (primary N) is 1. The van der Waals surface area contributed by atoms with Gasteiger partial charge in [-0.2, -0.15) is 0 Å². The van der Waals surface area contributed by atoms with E-state index in [1.807, 2.05) is 0 Å². The molecule has 0 aliphatic heterocycles. The molecule has 11 N–H and O–H groups in total. The lowest BCUT2D eigenvalue weighted by atomic mass is 10.0. The number of carbonyl (C=O) groups excluding carboxylic acids is 5. The number of aromatic hydroxyl groups is 3. The van der Waals surface area contributed by atoms with Crippen LogP contribution in [-0.2, 0) is 48.0 Å². The average Bonchev–Trinajstić information content (AvgIpc) is 3.07. The lowest BCUT2D eigenvalue weighted by molar-refractivity contribution is -0.141. The molecule has 0 unspecified atom stereocenters. The Morgan fingerprint density at radius 2 is 0.878 bits per heavy atom. The van der Waals surface area contributed by atoms with Gasteiger partial charge < -0.3 is 52.7 Å². The molecule has 3 aromatic carbocycles. The van der Waals surface area contributed by atoms with Crippen molar-refractivity contribution in [2.75, 3.05) is 19.6 Å². The van der Waals surface area contributed by atoms with E-state index in [-0.39, 0.29) is 36.5 Å². The summed E-state index contributed by atoms with van der Waals surface area (Å²) >= 11 is 0. The minimum absolute atomic E-state index is 0.00771. The molecule has 3 rings (SSSR count). The normalized spacial score (nSPS) is 12.4. The van der Waals surface area contributed by atoms with Gasteiger partial charge in [0.05, 0.1) is 25.7 Å². The Morgan fingerprint density at radius 1 is 0.510 bits per heavy atom. The average molecular weight is 679 g/mol. The van der Waals surface area contributed by atoms with Crippen molar-refractivity contribution >= 4 is 35.5 Å². The van der Waals surface area contributed by atoms with Gasteiger partial charge in [0.2, 0.25) is 29.5 Å². The summed E-state index contributed by atoms with van der Waals surface area (Å²) in [5.41, 5.74) is 7.66. The van der Waals surface area contributed by atoms with Crippen LogP contribution in [-0.4, -0.2) is 93.7 Å². The summed E-state index contributed by atoms with van der Waals surface area (Å²) in [4.78, 5) is 74.6. The highest BCUT2D eigenvalue weighted by Gasteiger charge is 2.25. The van der Waals surface area contributed by atoms with Crippen molar-refractivity contribution in [1.82, 2.24) is 26.6 Å². The number of hydrogen-bond acceptors (Lipinski definition) is 10. The van der Waals surface area contributed by atoms with E-state index < -0.39 is 73.3 Å². The zero-order valence-corrected chi connectivity index (χ0v) is 26.2. The van der Waals surface area contributed by atoms with Crippen molar-refractivity contribution in [3.63, 3.8) is 0 Å². The highest BCUT2D eigenvalue weighted by molar-refractivity contribution is 5.93. The molecule has 0 radical (unpaired) electrons. The topological polar surface area (TPSA) is 270 Å². The van der Waals surface area contributed by atoms with Crippen LogP contribution in [0.3, 0.4) is 0 Å². The number of phenols is 3. The van der Waals surface area contributed by atoms with E-state index in [1.165, 1.54) is 60.7 Å².